The molecule has 6 nitrogen and oxygen atoms in total. The molecule has 1 aliphatic rings. The first-order chi connectivity index (χ1) is 14.0. The number of carbonyl (C=O) groups excluding carboxylic acids is 2. The SMILES string of the molecule is COc1ccc(-c2ccc(C(=O)N3CCCC(C(=O)NCCN)C3)c(F)c2)cc1.Cl. The van der Waals surface area contributed by atoms with E-state index in [1.807, 2.05) is 12.1 Å². The largest absolute Gasteiger partial charge is 0.497 e. The molecular formula is C22H27ClFN3O3. The highest BCUT2D eigenvalue weighted by molar-refractivity contribution is 5.95. The smallest absolute Gasteiger partial charge is 0.256 e. The molecule has 8 heteroatoms. The Kier molecular flexibility index (Phi) is 8.62. The number of nitrogens with one attached hydrogen (secondary N) is 1. The number of nitrogens with zero attached hydrogens (tertiary/aromatic N) is 1. The summed E-state index contributed by atoms with van der Waals surface area (Å²) < 4.78 is 19.9. The van der Waals surface area contributed by atoms with Gasteiger partial charge in [-0.15, -0.1) is 12.4 Å². The Hall–Kier alpha value is -2.64. The number of methoxy groups -OCH3 is 1. The zero-order valence-electron chi connectivity index (χ0n) is 16.9. The van der Waals surface area contributed by atoms with Crippen LogP contribution < -0.4 is 15.8 Å². The number of piperidine rings is 1. The van der Waals surface area contributed by atoms with Crippen molar-refractivity contribution in [2.24, 2.45) is 11.7 Å². The number of carbonyl (C=O) groups is 2. The first-order valence-corrected chi connectivity index (χ1v) is 9.74. The molecule has 2 amide bonds. The third-order valence-electron chi connectivity index (χ3n) is 5.15. The molecule has 2 aromatic carbocycles. The van der Waals surface area contributed by atoms with Crippen molar-refractivity contribution in [1.29, 1.82) is 0 Å². The summed E-state index contributed by atoms with van der Waals surface area (Å²) in [5.74, 6) is -0.640. The lowest BCUT2D eigenvalue weighted by atomic mass is 9.96. The van der Waals surface area contributed by atoms with Crippen molar-refractivity contribution in [2.45, 2.75) is 12.8 Å². The van der Waals surface area contributed by atoms with Gasteiger partial charge in [-0.25, -0.2) is 4.39 Å². The van der Waals surface area contributed by atoms with Crippen molar-refractivity contribution in [1.82, 2.24) is 10.2 Å². The van der Waals surface area contributed by atoms with Gasteiger partial charge in [-0.1, -0.05) is 18.2 Å². The molecule has 30 heavy (non-hydrogen) atoms. The highest BCUT2D eigenvalue weighted by Crippen LogP contribution is 2.26. The number of benzene rings is 2. The minimum Gasteiger partial charge on any atom is -0.497 e. The van der Waals surface area contributed by atoms with E-state index in [-0.39, 0.29) is 42.2 Å². The lowest BCUT2D eigenvalue weighted by molar-refractivity contribution is -0.126. The number of ether oxygens (including phenoxy) is 1. The Morgan fingerprint density at radius 2 is 1.90 bits per heavy atom. The van der Waals surface area contributed by atoms with Crippen LogP contribution in [0.2, 0.25) is 0 Å². The van der Waals surface area contributed by atoms with Gasteiger partial charge in [0.05, 0.1) is 18.6 Å². The average molecular weight is 436 g/mol. The summed E-state index contributed by atoms with van der Waals surface area (Å²) in [5.41, 5.74) is 6.95. The van der Waals surface area contributed by atoms with E-state index in [1.165, 1.54) is 12.1 Å². The number of nitrogens with two attached hydrogens (primary N) is 1. The molecule has 0 spiro atoms. The van der Waals surface area contributed by atoms with Gasteiger partial charge in [0.1, 0.15) is 11.6 Å². The van der Waals surface area contributed by atoms with E-state index in [0.29, 0.717) is 38.0 Å². The number of hydrogen-bond donors (Lipinski definition) is 2. The summed E-state index contributed by atoms with van der Waals surface area (Å²) in [5, 5.41) is 2.76. The maximum Gasteiger partial charge on any atom is 0.256 e. The van der Waals surface area contributed by atoms with E-state index >= 15 is 0 Å². The Morgan fingerprint density at radius 3 is 2.53 bits per heavy atom. The normalized spacial score (nSPS) is 15.8. The zero-order valence-corrected chi connectivity index (χ0v) is 17.7. The molecule has 0 saturated carbocycles. The lowest BCUT2D eigenvalue weighted by Gasteiger charge is -2.32. The van der Waals surface area contributed by atoms with Gasteiger partial charge >= 0.3 is 0 Å². The van der Waals surface area contributed by atoms with Crippen LogP contribution in [-0.2, 0) is 4.79 Å². The average Bonchev–Trinajstić information content (AvgIpc) is 2.77. The van der Waals surface area contributed by atoms with Crippen LogP contribution >= 0.6 is 12.4 Å². The number of likely N-dealkylation sites (tertiary alicyclic amines) is 1. The number of hydrogen-bond acceptors (Lipinski definition) is 4. The molecule has 0 bridgehead atoms. The second-order valence-corrected chi connectivity index (χ2v) is 7.09. The quantitative estimate of drug-likeness (QED) is 0.730. The molecule has 1 unspecified atom stereocenters. The van der Waals surface area contributed by atoms with E-state index in [2.05, 4.69) is 5.32 Å². The topological polar surface area (TPSA) is 84.7 Å². The van der Waals surface area contributed by atoms with Crippen LogP contribution in [0.15, 0.2) is 42.5 Å². The summed E-state index contributed by atoms with van der Waals surface area (Å²) in [4.78, 5) is 26.6. The Balaban J connectivity index is 0.00000320. The maximum absolute atomic E-state index is 14.7. The minimum atomic E-state index is -0.571. The summed E-state index contributed by atoms with van der Waals surface area (Å²) >= 11 is 0. The molecule has 0 radical (unpaired) electrons. The van der Waals surface area contributed by atoms with Crippen LogP contribution in [0, 0.1) is 11.7 Å². The van der Waals surface area contributed by atoms with E-state index in [0.717, 1.165) is 11.3 Å². The summed E-state index contributed by atoms with van der Waals surface area (Å²) in [7, 11) is 1.59. The number of rotatable bonds is 6. The van der Waals surface area contributed by atoms with Crippen molar-refractivity contribution in [3.63, 3.8) is 0 Å². The Morgan fingerprint density at radius 1 is 1.20 bits per heavy atom. The zero-order chi connectivity index (χ0) is 20.8. The van der Waals surface area contributed by atoms with Gasteiger partial charge in [-0.2, -0.15) is 0 Å². The first-order valence-electron chi connectivity index (χ1n) is 9.74. The molecule has 3 rings (SSSR count). The number of halogens is 2. The van der Waals surface area contributed by atoms with Crippen LogP contribution in [-0.4, -0.2) is 50.0 Å². The van der Waals surface area contributed by atoms with Crippen molar-refractivity contribution in [3.05, 3.63) is 53.8 Å². The summed E-state index contributed by atoms with van der Waals surface area (Å²) in [6.07, 6.45) is 1.41. The molecule has 162 valence electrons. The molecule has 1 heterocycles. The molecule has 0 aliphatic carbocycles. The predicted octanol–water partition coefficient (Wildman–Crippen LogP) is 2.85. The molecule has 0 aromatic heterocycles. The summed E-state index contributed by atoms with van der Waals surface area (Å²) in [6.45, 7) is 1.58. The van der Waals surface area contributed by atoms with E-state index in [1.54, 1.807) is 30.2 Å². The van der Waals surface area contributed by atoms with Gasteiger partial charge in [-0.05, 0) is 48.2 Å². The highest BCUT2D eigenvalue weighted by atomic mass is 35.5. The molecular weight excluding hydrogens is 409 g/mol. The van der Waals surface area contributed by atoms with Crippen molar-refractivity contribution in [3.8, 4) is 16.9 Å². The highest BCUT2D eigenvalue weighted by Gasteiger charge is 2.29. The van der Waals surface area contributed by atoms with Crippen LogP contribution in [0.3, 0.4) is 0 Å². The predicted molar refractivity (Wildman–Crippen MR) is 116 cm³/mol. The standard InChI is InChI=1S/C22H26FN3O3.ClH/c1-29-18-7-4-15(5-8-18)16-6-9-19(20(23)13-16)22(28)26-12-2-3-17(14-26)21(27)25-11-10-24;/h4-9,13,17H,2-3,10-12,14,24H2,1H3,(H,25,27);1H. The Labute approximate surface area is 182 Å². The third-order valence-corrected chi connectivity index (χ3v) is 5.15. The third kappa shape index (κ3) is 5.49. The van der Waals surface area contributed by atoms with Crippen LogP contribution in [0.1, 0.15) is 23.2 Å². The lowest BCUT2D eigenvalue weighted by Crippen LogP contribution is -2.46. The van der Waals surface area contributed by atoms with E-state index in [9.17, 15) is 14.0 Å². The van der Waals surface area contributed by atoms with Gasteiger partial charge < -0.3 is 20.7 Å². The van der Waals surface area contributed by atoms with Gasteiger partial charge in [-0.3, -0.25) is 9.59 Å². The van der Waals surface area contributed by atoms with Gasteiger partial charge in [0.15, 0.2) is 0 Å². The molecule has 3 N–H and O–H groups in total. The monoisotopic (exact) mass is 435 g/mol. The van der Waals surface area contributed by atoms with E-state index < -0.39 is 5.82 Å². The maximum atomic E-state index is 14.7. The van der Waals surface area contributed by atoms with Crippen LogP contribution in [0.4, 0.5) is 4.39 Å². The van der Waals surface area contributed by atoms with Crippen LogP contribution in [0.25, 0.3) is 11.1 Å². The van der Waals surface area contributed by atoms with Crippen LogP contribution in [0.5, 0.6) is 5.75 Å². The molecule has 1 atom stereocenters. The molecule has 1 saturated heterocycles. The minimum absolute atomic E-state index is 0. The molecule has 1 fully saturated rings. The van der Waals surface area contributed by atoms with Crippen molar-refractivity contribution in [2.75, 3.05) is 33.3 Å². The van der Waals surface area contributed by atoms with E-state index in [4.69, 9.17) is 10.5 Å². The van der Waals surface area contributed by atoms with Gasteiger partial charge in [0.25, 0.3) is 5.91 Å². The second kappa shape index (κ2) is 10.9. The second-order valence-electron chi connectivity index (χ2n) is 7.09. The fourth-order valence-corrected chi connectivity index (χ4v) is 3.54. The fraction of sp³-hybridized carbons (Fsp3) is 0.364. The van der Waals surface area contributed by atoms with Crippen molar-refractivity contribution < 1.29 is 18.7 Å². The molecule has 1 aliphatic heterocycles. The number of amides is 2. The van der Waals surface area contributed by atoms with Gasteiger partial charge in [0.2, 0.25) is 5.91 Å². The van der Waals surface area contributed by atoms with Crippen molar-refractivity contribution >= 4 is 24.2 Å². The fourth-order valence-electron chi connectivity index (χ4n) is 3.54. The molecule has 2 aromatic rings. The first kappa shape index (κ1) is 23.6. The summed E-state index contributed by atoms with van der Waals surface area (Å²) in [6, 6.07) is 11.9. The Bertz CT molecular complexity index is 876. The van der Waals surface area contributed by atoms with Gasteiger partial charge in [0, 0.05) is 26.2 Å².